The van der Waals surface area contributed by atoms with Crippen LogP contribution >= 0.6 is 0 Å². The van der Waals surface area contributed by atoms with Crippen molar-refractivity contribution in [1.29, 1.82) is 0 Å². The Morgan fingerprint density at radius 2 is 2.00 bits per heavy atom. The third-order valence-corrected chi connectivity index (χ3v) is 4.52. The smallest absolute Gasteiger partial charge is 0.239 e. The lowest BCUT2D eigenvalue weighted by Gasteiger charge is -2.10. The summed E-state index contributed by atoms with van der Waals surface area (Å²) in [5, 5.41) is 2.57. The molecule has 0 aliphatic carbocycles. The van der Waals surface area contributed by atoms with Crippen LogP contribution in [0.2, 0.25) is 0 Å². The number of hydrogen-bond acceptors (Lipinski definition) is 4. The van der Waals surface area contributed by atoms with E-state index in [1.54, 1.807) is 24.4 Å². The molecule has 0 aliphatic heterocycles. The third-order valence-electron chi connectivity index (χ3n) is 3.24. The molecule has 0 saturated carbocycles. The van der Waals surface area contributed by atoms with Gasteiger partial charge in [-0.1, -0.05) is 23.8 Å². The molecule has 2 N–H and O–H groups in total. The number of amides is 1. The molecule has 0 atom stereocenters. The second-order valence-electron chi connectivity index (χ2n) is 5.30. The number of rotatable bonds is 6. The maximum absolute atomic E-state index is 12.1. The van der Waals surface area contributed by atoms with Crippen LogP contribution in [0.15, 0.2) is 42.7 Å². The number of hydrogen-bond donors (Lipinski definition) is 2. The Bertz CT molecular complexity index is 789. The van der Waals surface area contributed by atoms with Gasteiger partial charge in [0.2, 0.25) is 15.9 Å². The highest BCUT2D eigenvalue weighted by Gasteiger charge is 2.15. The molecule has 0 saturated heterocycles. The lowest BCUT2D eigenvalue weighted by molar-refractivity contribution is -0.115. The van der Waals surface area contributed by atoms with Gasteiger partial charge in [0.25, 0.3) is 0 Å². The molecule has 1 aromatic heterocycles. The van der Waals surface area contributed by atoms with Crippen LogP contribution in [0.25, 0.3) is 0 Å². The first-order valence-electron chi connectivity index (χ1n) is 7.09. The molecule has 2 rings (SSSR count). The van der Waals surface area contributed by atoms with Crippen molar-refractivity contribution in [2.75, 3.05) is 11.9 Å². The number of aryl methyl sites for hydroxylation is 2. The van der Waals surface area contributed by atoms with Gasteiger partial charge in [-0.3, -0.25) is 9.78 Å². The Labute approximate surface area is 136 Å². The molecule has 0 aliphatic rings. The minimum atomic E-state index is -3.58. The molecular formula is C16H19N3O3S. The van der Waals surface area contributed by atoms with Crippen LogP contribution in [0.1, 0.15) is 16.7 Å². The number of nitrogens with one attached hydrogen (secondary N) is 2. The van der Waals surface area contributed by atoms with E-state index in [-0.39, 0.29) is 12.3 Å². The van der Waals surface area contributed by atoms with Crippen molar-refractivity contribution in [3.8, 4) is 0 Å². The number of carbonyl (C=O) groups is 1. The van der Waals surface area contributed by atoms with Crippen LogP contribution in [-0.4, -0.2) is 25.9 Å². The zero-order valence-electron chi connectivity index (χ0n) is 13.0. The number of anilines is 1. The standard InChI is InChI=1S/C16H19N3O3S/c1-12-5-6-14(13(2)8-12)11-23(21,22)18-10-16(20)19-15-4-3-7-17-9-15/h3-9,18H,10-11H2,1-2H3,(H,19,20). The number of aromatic nitrogens is 1. The molecule has 1 aromatic carbocycles. The first-order chi connectivity index (χ1) is 10.9. The van der Waals surface area contributed by atoms with Gasteiger partial charge in [0.05, 0.1) is 24.2 Å². The Hall–Kier alpha value is -2.25. The molecule has 0 spiro atoms. The molecular weight excluding hydrogens is 314 g/mol. The normalized spacial score (nSPS) is 11.2. The predicted octanol–water partition coefficient (Wildman–Crippen LogP) is 1.76. The minimum absolute atomic E-state index is 0.153. The first kappa shape index (κ1) is 17.1. The fraction of sp³-hybridized carbons (Fsp3) is 0.250. The molecule has 2 aromatic rings. The average Bonchev–Trinajstić information content (AvgIpc) is 2.49. The van der Waals surface area contributed by atoms with E-state index in [2.05, 4.69) is 15.0 Å². The van der Waals surface area contributed by atoms with E-state index >= 15 is 0 Å². The fourth-order valence-electron chi connectivity index (χ4n) is 2.08. The maximum atomic E-state index is 12.1. The Kier molecular flexibility index (Phi) is 5.46. The zero-order valence-corrected chi connectivity index (χ0v) is 13.9. The summed E-state index contributed by atoms with van der Waals surface area (Å²) in [7, 11) is -3.58. The topological polar surface area (TPSA) is 88.2 Å². The molecule has 0 unspecified atom stereocenters. The van der Waals surface area contributed by atoms with Crippen molar-refractivity contribution < 1.29 is 13.2 Å². The predicted molar refractivity (Wildman–Crippen MR) is 89.4 cm³/mol. The number of pyridine rings is 1. The molecule has 23 heavy (non-hydrogen) atoms. The van der Waals surface area contributed by atoms with Crippen LogP contribution in [-0.2, 0) is 20.6 Å². The van der Waals surface area contributed by atoms with Crippen molar-refractivity contribution in [1.82, 2.24) is 9.71 Å². The van der Waals surface area contributed by atoms with E-state index in [0.29, 0.717) is 5.69 Å². The van der Waals surface area contributed by atoms with Gasteiger partial charge in [0.15, 0.2) is 0 Å². The van der Waals surface area contributed by atoms with Crippen molar-refractivity contribution in [3.05, 3.63) is 59.4 Å². The Morgan fingerprint density at radius 3 is 2.65 bits per heavy atom. The first-order valence-corrected chi connectivity index (χ1v) is 8.74. The van der Waals surface area contributed by atoms with Crippen molar-refractivity contribution in [2.24, 2.45) is 0 Å². The van der Waals surface area contributed by atoms with E-state index in [9.17, 15) is 13.2 Å². The summed E-state index contributed by atoms with van der Waals surface area (Å²) in [6.45, 7) is 3.50. The summed E-state index contributed by atoms with van der Waals surface area (Å²) >= 11 is 0. The monoisotopic (exact) mass is 333 g/mol. The van der Waals surface area contributed by atoms with E-state index in [0.717, 1.165) is 16.7 Å². The van der Waals surface area contributed by atoms with Crippen LogP contribution < -0.4 is 10.0 Å². The molecule has 6 nitrogen and oxygen atoms in total. The summed E-state index contributed by atoms with van der Waals surface area (Å²) in [5.74, 6) is -0.596. The van der Waals surface area contributed by atoms with E-state index in [1.807, 2.05) is 26.0 Å². The molecule has 1 amide bonds. The number of carbonyl (C=O) groups excluding carboxylic acids is 1. The number of sulfonamides is 1. The van der Waals surface area contributed by atoms with E-state index in [1.165, 1.54) is 6.20 Å². The van der Waals surface area contributed by atoms with Crippen LogP contribution in [0.5, 0.6) is 0 Å². The van der Waals surface area contributed by atoms with Crippen LogP contribution in [0.3, 0.4) is 0 Å². The highest BCUT2D eigenvalue weighted by molar-refractivity contribution is 7.88. The second-order valence-corrected chi connectivity index (χ2v) is 7.11. The van der Waals surface area contributed by atoms with Crippen molar-refractivity contribution in [3.63, 3.8) is 0 Å². The van der Waals surface area contributed by atoms with Gasteiger partial charge >= 0.3 is 0 Å². The summed E-state index contributed by atoms with van der Waals surface area (Å²) in [6, 6.07) is 8.95. The highest BCUT2D eigenvalue weighted by Crippen LogP contribution is 2.13. The molecule has 0 radical (unpaired) electrons. The molecule has 0 fully saturated rings. The maximum Gasteiger partial charge on any atom is 0.239 e. The fourth-order valence-corrected chi connectivity index (χ4v) is 3.27. The molecule has 7 heteroatoms. The Morgan fingerprint density at radius 1 is 1.22 bits per heavy atom. The van der Waals surface area contributed by atoms with Gasteiger partial charge in [0.1, 0.15) is 0 Å². The van der Waals surface area contributed by atoms with Gasteiger partial charge in [-0.2, -0.15) is 0 Å². The third kappa shape index (κ3) is 5.46. The average molecular weight is 333 g/mol. The van der Waals surface area contributed by atoms with Crippen LogP contribution in [0.4, 0.5) is 5.69 Å². The minimum Gasteiger partial charge on any atom is -0.324 e. The Balaban J connectivity index is 1.92. The summed E-state index contributed by atoms with van der Waals surface area (Å²) < 4.78 is 26.5. The lowest BCUT2D eigenvalue weighted by atomic mass is 10.1. The quantitative estimate of drug-likeness (QED) is 0.843. The van der Waals surface area contributed by atoms with Crippen LogP contribution in [0, 0.1) is 13.8 Å². The van der Waals surface area contributed by atoms with Gasteiger partial charge < -0.3 is 5.32 Å². The molecule has 0 bridgehead atoms. The van der Waals surface area contributed by atoms with Gasteiger partial charge in [0, 0.05) is 6.20 Å². The largest absolute Gasteiger partial charge is 0.324 e. The zero-order chi connectivity index (χ0) is 16.9. The number of benzene rings is 1. The summed E-state index contributed by atoms with van der Waals surface area (Å²) in [4.78, 5) is 15.6. The van der Waals surface area contributed by atoms with Gasteiger partial charge in [-0.15, -0.1) is 0 Å². The van der Waals surface area contributed by atoms with Gasteiger partial charge in [-0.05, 0) is 37.1 Å². The molecule has 122 valence electrons. The van der Waals surface area contributed by atoms with Crippen molar-refractivity contribution in [2.45, 2.75) is 19.6 Å². The summed E-state index contributed by atoms with van der Waals surface area (Å²) in [5.41, 5.74) is 3.23. The van der Waals surface area contributed by atoms with Gasteiger partial charge in [-0.25, -0.2) is 13.1 Å². The SMILES string of the molecule is Cc1ccc(CS(=O)(=O)NCC(=O)Nc2cccnc2)c(C)c1. The second kappa shape index (κ2) is 7.34. The van der Waals surface area contributed by atoms with Crippen molar-refractivity contribution >= 4 is 21.6 Å². The molecule has 1 heterocycles. The summed E-state index contributed by atoms with van der Waals surface area (Å²) in [6.07, 6.45) is 3.07. The van der Waals surface area contributed by atoms with E-state index < -0.39 is 15.9 Å². The number of nitrogens with zero attached hydrogens (tertiary/aromatic N) is 1. The lowest BCUT2D eigenvalue weighted by Crippen LogP contribution is -2.33. The van der Waals surface area contributed by atoms with E-state index in [4.69, 9.17) is 0 Å². The highest BCUT2D eigenvalue weighted by atomic mass is 32.2.